The van der Waals surface area contributed by atoms with E-state index in [-0.39, 0.29) is 16.1 Å². The van der Waals surface area contributed by atoms with Gasteiger partial charge in [-0.2, -0.15) is 0 Å². The Labute approximate surface area is 101 Å². The van der Waals surface area contributed by atoms with Crippen molar-refractivity contribution in [3.05, 3.63) is 23.8 Å². The Morgan fingerprint density at radius 2 is 2.33 bits per heavy atom. The number of halogens is 1. The molecule has 2 unspecified atom stereocenters. The molecule has 1 heterocycles. The molecule has 1 aliphatic heterocycles. The molecule has 2 atom stereocenters. The molecule has 3 N–H and O–H groups in total. The van der Waals surface area contributed by atoms with Gasteiger partial charge in [0.05, 0.1) is 15.9 Å². The number of nitrogens with one attached hydrogen (secondary N) is 1. The lowest BCUT2D eigenvalue weighted by atomic mass is 10.2. The Morgan fingerprint density at radius 3 is 3.00 bits per heavy atom. The van der Waals surface area contributed by atoms with Crippen molar-refractivity contribution in [1.29, 1.82) is 0 Å². The van der Waals surface area contributed by atoms with Gasteiger partial charge in [0.1, 0.15) is 0 Å². The van der Waals surface area contributed by atoms with E-state index in [1.54, 1.807) is 11.8 Å². The van der Waals surface area contributed by atoms with Crippen LogP contribution in [0.2, 0.25) is 0 Å². The van der Waals surface area contributed by atoms with Crippen molar-refractivity contribution in [3.63, 3.8) is 0 Å². The quantitative estimate of drug-likeness (QED) is 0.616. The molecule has 15 heavy (non-hydrogen) atoms. The lowest BCUT2D eigenvalue weighted by molar-refractivity contribution is -0.115. The molecule has 0 saturated heterocycles. The van der Waals surface area contributed by atoms with Crippen molar-refractivity contribution in [2.45, 2.75) is 22.0 Å². The van der Waals surface area contributed by atoms with Crippen LogP contribution in [-0.4, -0.2) is 11.2 Å². The summed E-state index contributed by atoms with van der Waals surface area (Å²) in [5, 5.41) is 2.84. The molecule has 0 bridgehead atoms. The maximum absolute atomic E-state index is 11.5. The summed E-state index contributed by atoms with van der Waals surface area (Å²) in [5.41, 5.74) is 7.53. The first-order chi connectivity index (χ1) is 7.08. The van der Waals surface area contributed by atoms with Crippen molar-refractivity contribution in [1.82, 2.24) is 0 Å². The number of hydrogen-bond acceptors (Lipinski definition) is 3. The minimum absolute atomic E-state index is 0.0269. The van der Waals surface area contributed by atoms with Gasteiger partial charge in [0.25, 0.3) is 0 Å². The number of amides is 1. The minimum Gasteiger partial charge on any atom is -0.324 e. The number of nitrogens with two attached hydrogens (primary N) is 1. The smallest absolute Gasteiger partial charge is 0.237 e. The highest BCUT2D eigenvalue weighted by Crippen LogP contribution is 2.37. The van der Waals surface area contributed by atoms with Crippen LogP contribution < -0.4 is 11.1 Å². The summed E-state index contributed by atoms with van der Waals surface area (Å²) in [4.78, 5) is 12.4. The van der Waals surface area contributed by atoms with Gasteiger partial charge in [-0.05, 0) is 24.6 Å². The van der Waals surface area contributed by atoms with Crippen molar-refractivity contribution < 1.29 is 4.79 Å². The molecule has 0 radical (unpaired) electrons. The standard InChI is InChI=1S/C10H11BrN2OS/c1-5-10(14)13-7-4-6(9(11)12)2-3-8(7)15-5/h2-5,9H,12H2,1H3,(H,13,14). The summed E-state index contributed by atoms with van der Waals surface area (Å²) in [5.74, 6) is 0.0489. The molecule has 80 valence electrons. The zero-order chi connectivity index (χ0) is 11.0. The van der Waals surface area contributed by atoms with Crippen LogP contribution in [0, 0.1) is 0 Å². The van der Waals surface area contributed by atoms with E-state index >= 15 is 0 Å². The maximum Gasteiger partial charge on any atom is 0.237 e. The second-order valence-electron chi connectivity index (χ2n) is 3.41. The Bertz CT molecular complexity index is 408. The van der Waals surface area contributed by atoms with E-state index in [9.17, 15) is 4.79 Å². The molecule has 0 aromatic heterocycles. The Hall–Kier alpha value is -0.520. The van der Waals surface area contributed by atoms with Crippen LogP contribution in [0.3, 0.4) is 0 Å². The van der Waals surface area contributed by atoms with E-state index in [1.165, 1.54) is 0 Å². The number of carbonyl (C=O) groups is 1. The van der Waals surface area contributed by atoms with Gasteiger partial charge in [-0.3, -0.25) is 4.79 Å². The summed E-state index contributed by atoms with van der Waals surface area (Å²) in [7, 11) is 0. The van der Waals surface area contributed by atoms with Crippen molar-refractivity contribution in [3.8, 4) is 0 Å². The van der Waals surface area contributed by atoms with Gasteiger partial charge in [0.15, 0.2) is 0 Å². The van der Waals surface area contributed by atoms with Crippen LogP contribution in [0.15, 0.2) is 23.1 Å². The number of thioether (sulfide) groups is 1. The van der Waals surface area contributed by atoms with Gasteiger partial charge in [-0.25, -0.2) is 0 Å². The van der Waals surface area contributed by atoms with Crippen LogP contribution >= 0.6 is 27.7 Å². The van der Waals surface area contributed by atoms with Gasteiger partial charge in [-0.15, -0.1) is 11.8 Å². The molecule has 0 saturated carbocycles. The van der Waals surface area contributed by atoms with E-state index in [1.807, 2.05) is 25.1 Å². The Morgan fingerprint density at radius 1 is 1.60 bits per heavy atom. The fourth-order valence-corrected chi connectivity index (χ4v) is 2.61. The molecule has 1 aromatic rings. The summed E-state index contributed by atoms with van der Waals surface area (Å²) >= 11 is 4.87. The van der Waals surface area contributed by atoms with Gasteiger partial charge >= 0.3 is 0 Å². The van der Waals surface area contributed by atoms with Crippen molar-refractivity contribution in [2.75, 3.05) is 5.32 Å². The maximum atomic E-state index is 11.5. The minimum atomic E-state index is -0.191. The number of alkyl halides is 1. The van der Waals surface area contributed by atoms with E-state index < -0.39 is 0 Å². The summed E-state index contributed by atoms with van der Waals surface area (Å²) in [6.07, 6.45) is 0. The normalized spacial score (nSPS) is 21.8. The first-order valence-corrected chi connectivity index (χ1v) is 6.38. The van der Waals surface area contributed by atoms with Gasteiger partial charge in [-0.1, -0.05) is 22.0 Å². The van der Waals surface area contributed by atoms with Crippen LogP contribution in [0.1, 0.15) is 17.4 Å². The lowest BCUT2D eigenvalue weighted by Gasteiger charge is -2.22. The molecule has 2 rings (SSSR count). The van der Waals surface area contributed by atoms with Gasteiger partial charge in [0.2, 0.25) is 5.91 Å². The molecule has 5 heteroatoms. The van der Waals surface area contributed by atoms with Crippen molar-refractivity contribution >= 4 is 39.3 Å². The zero-order valence-corrected chi connectivity index (χ0v) is 10.6. The van der Waals surface area contributed by atoms with E-state index in [0.29, 0.717) is 0 Å². The third-order valence-corrected chi connectivity index (χ3v) is 3.96. The molecule has 1 aromatic carbocycles. The number of hydrogen-bond donors (Lipinski definition) is 2. The fraction of sp³-hybridized carbons (Fsp3) is 0.300. The highest BCUT2D eigenvalue weighted by atomic mass is 79.9. The lowest BCUT2D eigenvalue weighted by Crippen LogP contribution is -2.26. The number of carbonyl (C=O) groups excluding carboxylic acids is 1. The molecule has 3 nitrogen and oxygen atoms in total. The first kappa shape index (κ1) is 11.0. The van der Waals surface area contributed by atoms with Crippen LogP contribution in [-0.2, 0) is 4.79 Å². The largest absolute Gasteiger partial charge is 0.324 e. The fourth-order valence-electron chi connectivity index (χ4n) is 1.40. The van der Waals surface area contributed by atoms with Gasteiger partial charge in [0, 0.05) is 4.90 Å². The summed E-state index contributed by atoms with van der Waals surface area (Å²) in [6.45, 7) is 1.90. The molecular formula is C10H11BrN2OS. The average Bonchev–Trinajstić information content (AvgIpc) is 2.19. The highest BCUT2D eigenvalue weighted by Gasteiger charge is 2.23. The molecular weight excluding hydrogens is 276 g/mol. The first-order valence-electron chi connectivity index (χ1n) is 4.59. The summed E-state index contributed by atoms with van der Waals surface area (Å²) < 4.78 is 0. The highest BCUT2D eigenvalue weighted by molar-refractivity contribution is 9.09. The second kappa shape index (κ2) is 4.15. The van der Waals surface area contributed by atoms with E-state index in [2.05, 4.69) is 21.2 Å². The summed E-state index contributed by atoms with van der Waals surface area (Å²) in [6, 6.07) is 5.87. The van der Waals surface area contributed by atoms with E-state index in [4.69, 9.17) is 5.73 Å². The van der Waals surface area contributed by atoms with Crippen LogP contribution in [0.25, 0.3) is 0 Å². The topological polar surface area (TPSA) is 55.1 Å². The number of anilines is 1. The average molecular weight is 287 g/mol. The number of rotatable bonds is 1. The molecule has 0 fully saturated rings. The second-order valence-corrected chi connectivity index (χ2v) is 5.78. The van der Waals surface area contributed by atoms with Gasteiger partial charge < -0.3 is 11.1 Å². The molecule has 1 amide bonds. The zero-order valence-electron chi connectivity index (χ0n) is 8.16. The van der Waals surface area contributed by atoms with Crippen molar-refractivity contribution in [2.24, 2.45) is 5.73 Å². The van der Waals surface area contributed by atoms with E-state index in [0.717, 1.165) is 16.1 Å². The molecule has 1 aliphatic rings. The van der Waals surface area contributed by atoms with Crippen LogP contribution in [0.4, 0.5) is 5.69 Å². The number of fused-ring (bicyclic) bond motifs is 1. The third-order valence-electron chi connectivity index (χ3n) is 2.25. The number of benzene rings is 1. The Kier molecular flexibility index (Phi) is 3.04. The monoisotopic (exact) mass is 286 g/mol. The SMILES string of the molecule is CC1Sc2ccc(C(N)Br)cc2NC1=O. The Balaban J connectivity index is 2.37. The molecule has 0 aliphatic carbocycles. The predicted octanol–water partition coefficient (Wildman–Crippen LogP) is 2.47. The molecule has 0 spiro atoms. The predicted molar refractivity (Wildman–Crippen MR) is 66.2 cm³/mol. The van der Waals surface area contributed by atoms with Crippen LogP contribution in [0.5, 0.6) is 0 Å². The third kappa shape index (κ3) is 2.19.